The molecule has 0 radical (unpaired) electrons. The molecule has 1 aliphatic rings. The van der Waals surface area contributed by atoms with Crippen molar-refractivity contribution in [2.75, 3.05) is 0 Å². The summed E-state index contributed by atoms with van der Waals surface area (Å²) in [4.78, 5) is 15.6. The summed E-state index contributed by atoms with van der Waals surface area (Å²) in [5.41, 5.74) is 3.18. The fourth-order valence-corrected chi connectivity index (χ4v) is 2.07. The van der Waals surface area contributed by atoms with Crippen molar-refractivity contribution >= 4 is 22.3 Å². The lowest BCUT2D eigenvalue weighted by Gasteiger charge is -2.02. The summed E-state index contributed by atoms with van der Waals surface area (Å²) in [5.74, 6) is 0.225. The van der Waals surface area contributed by atoms with Gasteiger partial charge in [0.05, 0.1) is 5.52 Å². The molecule has 1 heterocycles. The van der Waals surface area contributed by atoms with Gasteiger partial charge in [0.1, 0.15) is 0 Å². The van der Waals surface area contributed by atoms with E-state index in [2.05, 4.69) is 11.1 Å². The Labute approximate surface area is 93.6 Å². The Bertz CT molecular complexity index is 598. The monoisotopic (exact) mass is 209 g/mol. The van der Waals surface area contributed by atoms with Crippen molar-refractivity contribution in [1.82, 2.24) is 4.98 Å². The summed E-state index contributed by atoms with van der Waals surface area (Å²) in [6, 6.07) is 10.1. The van der Waals surface area contributed by atoms with Crippen molar-refractivity contribution < 1.29 is 4.79 Å². The number of pyridine rings is 1. The van der Waals surface area contributed by atoms with Gasteiger partial charge in [-0.15, -0.1) is 0 Å². The number of fused-ring (bicyclic) bond motifs is 1. The first-order valence-electron chi connectivity index (χ1n) is 5.41. The van der Waals surface area contributed by atoms with Crippen molar-refractivity contribution in [2.24, 2.45) is 0 Å². The lowest BCUT2D eigenvalue weighted by molar-refractivity contribution is -0.114. The normalized spacial score (nSPS) is 15.5. The second-order valence-electron chi connectivity index (χ2n) is 4.05. The Kier molecular flexibility index (Phi) is 2.07. The Morgan fingerprint density at radius 1 is 1.12 bits per heavy atom. The maximum absolute atomic E-state index is 11.2. The van der Waals surface area contributed by atoms with Gasteiger partial charge in [-0.3, -0.25) is 9.78 Å². The molecule has 0 N–H and O–H groups in total. The minimum absolute atomic E-state index is 0.225. The molecule has 1 aromatic heterocycles. The molecule has 0 saturated heterocycles. The summed E-state index contributed by atoms with van der Waals surface area (Å²) in [5, 5.41) is 1.13. The number of para-hydroxylation sites is 1. The number of hydrogen-bond donors (Lipinski definition) is 0. The van der Waals surface area contributed by atoms with Gasteiger partial charge in [-0.2, -0.15) is 0 Å². The van der Waals surface area contributed by atoms with Crippen LogP contribution in [-0.4, -0.2) is 10.8 Å². The average molecular weight is 209 g/mol. The third-order valence-corrected chi connectivity index (χ3v) is 2.94. The van der Waals surface area contributed by atoms with E-state index in [-0.39, 0.29) is 5.78 Å². The summed E-state index contributed by atoms with van der Waals surface area (Å²) in [6.45, 7) is 0. The molecule has 78 valence electrons. The molecule has 2 aromatic rings. The van der Waals surface area contributed by atoms with E-state index in [0.29, 0.717) is 6.42 Å². The van der Waals surface area contributed by atoms with E-state index in [0.717, 1.165) is 28.5 Å². The molecule has 0 fully saturated rings. The van der Waals surface area contributed by atoms with Crippen molar-refractivity contribution in [1.29, 1.82) is 0 Å². The fourth-order valence-electron chi connectivity index (χ4n) is 2.07. The predicted octanol–water partition coefficient (Wildman–Crippen LogP) is 2.98. The molecule has 0 saturated carbocycles. The molecule has 3 rings (SSSR count). The lowest BCUT2D eigenvalue weighted by atomic mass is 10.1. The Morgan fingerprint density at radius 2 is 2.00 bits per heavy atom. The zero-order valence-corrected chi connectivity index (χ0v) is 8.81. The van der Waals surface area contributed by atoms with Crippen LogP contribution in [0.4, 0.5) is 0 Å². The van der Waals surface area contributed by atoms with Gasteiger partial charge in [0, 0.05) is 18.0 Å². The summed E-state index contributed by atoms with van der Waals surface area (Å²) < 4.78 is 0. The van der Waals surface area contributed by atoms with Gasteiger partial charge >= 0.3 is 0 Å². The molecule has 0 unspecified atom stereocenters. The molecule has 1 aliphatic carbocycles. The van der Waals surface area contributed by atoms with Gasteiger partial charge in [-0.25, -0.2) is 0 Å². The zero-order valence-electron chi connectivity index (χ0n) is 8.81. The van der Waals surface area contributed by atoms with E-state index < -0.39 is 0 Å². The van der Waals surface area contributed by atoms with Crippen LogP contribution in [0.5, 0.6) is 0 Å². The van der Waals surface area contributed by atoms with Crippen LogP contribution >= 0.6 is 0 Å². The first-order valence-corrected chi connectivity index (χ1v) is 5.41. The third kappa shape index (κ3) is 1.52. The molecule has 0 aliphatic heterocycles. The smallest absolute Gasteiger partial charge is 0.156 e. The number of rotatable bonds is 1. The quantitative estimate of drug-likeness (QED) is 0.722. The topological polar surface area (TPSA) is 30.0 Å². The van der Waals surface area contributed by atoms with Gasteiger partial charge in [0.2, 0.25) is 0 Å². The molecule has 0 bridgehead atoms. The second-order valence-corrected chi connectivity index (χ2v) is 4.05. The number of aromatic nitrogens is 1. The van der Waals surface area contributed by atoms with Crippen LogP contribution in [0, 0.1) is 0 Å². The van der Waals surface area contributed by atoms with E-state index in [1.807, 2.05) is 30.5 Å². The highest BCUT2D eigenvalue weighted by Crippen LogP contribution is 2.27. The van der Waals surface area contributed by atoms with Crippen LogP contribution in [0.3, 0.4) is 0 Å². The molecule has 2 nitrogen and oxygen atoms in total. The summed E-state index contributed by atoms with van der Waals surface area (Å²) in [6.07, 6.45) is 5.08. The van der Waals surface area contributed by atoms with Gasteiger partial charge in [0.15, 0.2) is 5.78 Å². The molecule has 0 spiro atoms. The maximum atomic E-state index is 11.2. The molecule has 0 amide bonds. The fraction of sp³-hybridized carbons (Fsp3) is 0.143. The predicted molar refractivity (Wildman–Crippen MR) is 64.0 cm³/mol. The summed E-state index contributed by atoms with van der Waals surface area (Å²) >= 11 is 0. The van der Waals surface area contributed by atoms with Crippen LogP contribution in [0.25, 0.3) is 16.5 Å². The number of carbonyl (C=O) groups excluding carboxylic acids is 1. The summed E-state index contributed by atoms with van der Waals surface area (Å²) in [7, 11) is 0. The highest BCUT2D eigenvalue weighted by molar-refractivity contribution is 6.02. The zero-order chi connectivity index (χ0) is 11.0. The number of carbonyl (C=O) groups is 1. The molecular weight excluding hydrogens is 198 g/mol. The molecule has 0 atom stereocenters. The van der Waals surface area contributed by atoms with E-state index in [9.17, 15) is 4.79 Å². The van der Waals surface area contributed by atoms with Gasteiger partial charge in [0.25, 0.3) is 0 Å². The molecule has 2 heteroatoms. The average Bonchev–Trinajstić information content (AvgIpc) is 2.75. The molecule has 16 heavy (non-hydrogen) atoms. The second kappa shape index (κ2) is 3.56. The highest BCUT2D eigenvalue weighted by Gasteiger charge is 2.13. The van der Waals surface area contributed by atoms with E-state index in [4.69, 9.17) is 0 Å². The first-order chi connectivity index (χ1) is 7.83. The Hall–Kier alpha value is -1.96. The number of ketones is 1. The van der Waals surface area contributed by atoms with Crippen molar-refractivity contribution in [2.45, 2.75) is 12.8 Å². The van der Waals surface area contributed by atoms with Gasteiger partial charge < -0.3 is 0 Å². The number of hydrogen-bond acceptors (Lipinski definition) is 2. The standard InChI is InChI=1S/C14H11NO/c16-13-6-5-10(8-13)12-7-11-3-1-2-4-14(11)15-9-12/h1-4,7-9H,5-6H2. The van der Waals surface area contributed by atoms with Crippen molar-refractivity contribution in [3.05, 3.63) is 48.2 Å². The number of benzene rings is 1. The van der Waals surface area contributed by atoms with E-state index in [1.165, 1.54) is 0 Å². The van der Waals surface area contributed by atoms with Crippen molar-refractivity contribution in [3.63, 3.8) is 0 Å². The van der Waals surface area contributed by atoms with Crippen molar-refractivity contribution in [3.8, 4) is 0 Å². The van der Waals surface area contributed by atoms with Gasteiger partial charge in [-0.1, -0.05) is 18.2 Å². The van der Waals surface area contributed by atoms with Crippen LogP contribution in [0.1, 0.15) is 18.4 Å². The van der Waals surface area contributed by atoms with Crippen LogP contribution in [0.15, 0.2) is 42.6 Å². The Morgan fingerprint density at radius 3 is 2.81 bits per heavy atom. The minimum Gasteiger partial charge on any atom is -0.295 e. The largest absolute Gasteiger partial charge is 0.295 e. The molecular formula is C14H11NO. The lowest BCUT2D eigenvalue weighted by Crippen LogP contribution is -1.84. The molecule has 1 aromatic carbocycles. The SMILES string of the molecule is O=C1C=C(c2cnc3ccccc3c2)CC1. The third-order valence-electron chi connectivity index (χ3n) is 2.94. The number of allylic oxidation sites excluding steroid dienone is 2. The first kappa shape index (κ1) is 9.28. The van der Waals surface area contributed by atoms with Crippen LogP contribution in [-0.2, 0) is 4.79 Å². The maximum Gasteiger partial charge on any atom is 0.156 e. The highest BCUT2D eigenvalue weighted by atomic mass is 16.1. The number of nitrogens with zero attached hydrogens (tertiary/aromatic N) is 1. The minimum atomic E-state index is 0.225. The van der Waals surface area contributed by atoms with E-state index in [1.54, 1.807) is 6.08 Å². The van der Waals surface area contributed by atoms with E-state index >= 15 is 0 Å². The van der Waals surface area contributed by atoms with Crippen LogP contribution < -0.4 is 0 Å². The van der Waals surface area contributed by atoms with Crippen LogP contribution in [0.2, 0.25) is 0 Å². The van der Waals surface area contributed by atoms with Gasteiger partial charge in [-0.05, 0) is 35.8 Å². The Balaban J connectivity index is 2.12.